The van der Waals surface area contributed by atoms with Gasteiger partial charge in [-0.15, -0.1) is 0 Å². The van der Waals surface area contributed by atoms with Crippen LogP contribution in [0.1, 0.15) is 16.2 Å². The molecule has 5 nitrogen and oxygen atoms in total. The first-order valence-corrected chi connectivity index (χ1v) is 8.08. The van der Waals surface area contributed by atoms with Gasteiger partial charge in [0.2, 0.25) is 5.78 Å². The molecular weight excluding hydrogens is 423 g/mol. The van der Waals surface area contributed by atoms with Crippen LogP contribution in [-0.4, -0.2) is 46.1 Å². The van der Waals surface area contributed by atoms with Gasteiger partial charge >= 0.3 is 0 Å². The van der Waals surface area contributed by atoms with Crippen molar-refractivity contribution in [2.45, 2.75) is 6.54 Å². The van der Waals surface area contributed by atoms with E-state index in [1.807, 2.05) is 19.0 Å². The quantitative estimate of drug-likeness (QED) is 0.676. The molecular formula is C13H13Br2ClN4O. The lowest BCUT2D eigenvalue weighted by Crippen LogP contribution is -2.22. The number of carbonyl (C=O) groups excluding carboxylic acids is 1. The van der Waals surface area contributed by atoms with Gasteiger partial charge in [-0.25, -0.2) is 0 Å². The number of carbonyl (C=O) groups is 1. The molecule has 2 aromatic rings. The Morgan fingerprint density at radius 2 is 2.10 bits per heavy atom. The Morgan fingerprint density at radius 3 is 2.71 bits per heavy atom. The molecule has 0 spiro atoms. The van der Waals surface area contributed by atoms with Gasteiger partial charge in [-0.1, -0.05) is 11.6 Å². The predicted octanol–water partition coefficient (Wildman–Crippen LogP) is 3.25. The molecule has 0 N–H and O–H groups in total. The summed E-state index contributed by atoms with van der Waals surface area (Å²) in [6.07, 6.45) is 3.06. The van der Waals surface area contributed by atoms with Gasteiger partial charge in [0.1, 0.15) is 11.4 Å². The molecule has 2 rings (SSSR count). The molecule has 0 aliphatic rings. The topological polar surface area (TPSA) is 51.0 Å². The van der Waals surface area contributed by atoms with Crippen molar-refractivity contribution in [3.05, 3.63) is 43.8 Å². The Kier molecular flexibility index (Phi) is 5.54. The van der Waals surface area contributed by atoms with Gasteiger partial charge in [0.25, 0.3) is 0 Å². The van der Waals surface area contributed by atoms with Crippen molar-refractivity contribution in [3.8, 4) is 0 Å². The maximum Gasteiger partial charge on any atom is 0.232 e. The van der Waals surface area contributed by atoms with Crippen LogP contribution < -0.4 is 0 Å². The minimum Gasteiger partial charge on any atom is -0.308 e. The van der Waals surface area contributed by atoms with Gasteiger partial charge < -0.3 is 4.90 Å². The van der Waals surface area contributed by atoms with Crippen LogP contribution in [0.25, 0.3) is 0 Å². The van der Waals surface area contributed by atoms with Gasteiger partial charge in [-0.05, 0) is 52.0 Å². The van der Waals surface area contributed by atoms with Crippen LogP contribution in [0.2, 0.25) is 5.02 Å². The summed E-state index contributed by atoms with van der Waals surface area (Å²) in [5.41, 5.74) is 0.667. The zero-order valence-electron chi connectivity index (χ0n) is 11.5. The fourth-order valence-electron chi connectivity index (χ4n) is 1.75. The molecule has 2 heterocycles. The van der Waals surface area contributed by atoms with Crippen LogP contribution in [-0.2, 0) is 6.54 Å². The van der Waals surface area contributed by atoms with Gasteiger partial charge in [0.05, 0.1) is 17.8 Å². The molecule has 0 radical (unpaired) electrons. The minimum atomic E-state index is -0.254. The average molecular weight is 437 g/mol. The standard InChI is InChI=1S/C13H13Br2ClN4O/c1-19(2)3-4-20-12(10(16)7-18-20)13(21)11-9(15)5-8(14)6-17-11/h5-7H,3-4H2,1-2H3. The highest BCUT2D eigenvalue weighted by Crippen LogP contribution is 2.25. The fourth-order valence-corrected chi connectivity index (χ4v) is 3.14. The van der Waals surface area contributed by atoms with Crippen LogP contribution in [0.15, 0.2) is 27.4 Å². The Hall–Kier alpha value is -0.760. The van der Waals surface area contributed by atoms with Crippen molar-refractivity contribution >= 4 is 49.2 Å². The van der Waals surface area contributed by atoms with Crippen molar-refractivity contribution in [1.82, 2.24) is 19.7 Å². The second kappa shape index (κ2) is 7.00. The molecule has 2 aromatic heterocycles. The van der Waals surface area contributed by atoms with E-state index in [1.54, 1.807) is 16.9 Å². The average Bonchev–Trinajstić information content (AvgIpc) is 2.77. The van der Waals surface area contributed by atoms with Crippen molar-refractivity contribution < 1.29 is 4.79 Å². The van der Waals surface area contributed by atoms with E-state index in [0.29, 0.717) is 27.4 Å². The van der Waals surface area contributed by atoms with E-state index in [0.717, 1.165) is 11.0 Å². The summed E-state index contributed by atoms with van der Waals surface area (Å²) < 4.78 is 3.01. The summed E-state index contributed by atoms with van der Waals surface area (Å²) >= 11 is 12.8. The zero-order chi connectivity index (χ0) is 15.6. The highest BCUT2D eigenvalue weighted by atomic mass is 79.9. The summed E-state index contributed by atoms with van der Waals surface area (Å²) in [4.78, 5) is 18.8. The van der Waals surface area contributed by atoms with Crippen molar-refractivity contribution in [3.63, 3.8) is 0 Å². The zero-order valence-corrected chi connectivity index (χ0v) is 15.4. The predicted molar refractivity (Wildman–Crippen MR) is 88.9 cm³/mol. The number of aromatic nitrogens is 3. The lowest BCUT2D eigenvalue weighted by molar-refractivity contribution is 0.102. The maximum absolute atomic E-state index is 12.7. The second-order valence-corrected chi connectivity index (χ2v) is 6.86. The van der Waals surface area contributed by atoms with Crippen LogP contribution in [0.3, 0.4) is 0 Å². The lowest BCUT2D eigenvalue weighted by atomic mass is 10.2. The highest BCUT2D eigenvalue weighted by Gasteiger charge is 2.22. The molecule has 8 heteroatoms. The summed E-state index contributed by atoms with van der Waals surface area (Å²) in [7, 11) is 3.92. The number of nitrogens with zero attached hydrogens (tertiary/aromatic N) is 4. The molecule has 0 saturated heterocycles. The number of hydrogen-bond donors (Lipinski definition) is 0. The molecule has 0 unspecified atom stereocenters. The number of halogens is 3. The third kappa shape index (κ3) is 3.91. The third-order valence-corrected chi connectivity index (χ3v) is 4.11. The summed E-state index contributed by atoms with van der Waals surface area (Å²) in [5, 5.41) is 4.50. The lowest BCUT2D eigenvalue weighted by Gasteiger charge is -2.12. The van der Waals surface area contributed by atoms with E-state index in [2.05, 4.69) is 41.9 Å². The van der Waals surface area contributed by atoms with E-state index in [9.17, 15) is 4.79 Å². The van der Waals surface area contributed by atoms with E-state index in [4.69, 9.17) is 11.6 Å². The van der Waals surface area contributed by atoms with Crippen LogP contribution in [0.4, 0.5) is 0 Å². The smallest absolute Gasteiger partial charge is 0.232 e. The molecule has 0 aromatic carbocycles. The van der Waals surface area contributed by atoms with Crippen LogP contribution in [0.5, 0.6) is 0 Å². The number of pyridine rings is 1. The van der Waals surface area contributed by atoms with Gasteiger partial charge in [-0.3, -0.25) is 14.5 Å². The molecule has 0 amide bonds. The Balaban J connectivity index is 2.36. The number of likely N-dealkylation sites (N-methyl/N-ethyl adjacent to an activating group) is 1. The normalized spacial score (nSPS) is 11.1. The second-order valence-electron chi connectivity index (χ2n) is 4.68. The summed E-state index contributed by atoms with van der Waals surface area (Å²) in [6.45, 7) is 1.34. The first-order valence-electron chi connectivity index (χ1n) is 6.12. The Bertz CT molecular complexity index is 672. The van der Waals surface area contributed by atoms with E-state index < -0.39 is 0 Å². The van der Waals surface area contributed by atoms with Gasteiger partial charge in [0, 0.05) is 21.7 Å². The molecule has 0 fully saturated rings. The largest absolute Gasteiger partial charge is 0.308 e. The highest BCUT2D eigenvalue weighted by molar-refractivity contribution is 9.11. The van der Waals surface area contributed by atoms with Gasteiger partial charge in [0.15, 0.2) is 0 Å². The number of ketones is 1. The molecule has 0 aliphatic carbocycles. The van der Waals surface area contributed by atoms with E-state index >= 15 is 0 Å². The number of hydrogen-bond acceptors (Lipinski definition) is 4. The van der Waals surface area contributed by atoms with Crippen molar-refractivity contribution in [2.24, 2.45) is 0 Å². The Morgan fingerprint density at radius 1 is 1.38 bits per heavy atom. The molecule has 0 aliphatic heterocycles. The molecule has 0 saturated carbocycles. The molecule has 21 heavy (non-hydrogen) atoms. The monoisotopic (exact) mass is 434 g/mol. The fraction of sp³-hybridized carbons (Fsp3) is 0.308. The van der Waals surface area contributed by atoms with Crippen LogP contribution in [0, 0.1) is 0 Å². The number of rotatable bonds is 5. The van der Waals surface area contributed by atoms with Crippen molar-refractivity contribution in [1.29, 1.82) is 0 Å². The molecule has 0 bridgehead atoms. The first kappa shape index (κ1) is 16.6. The molecule has 0 atom stereocenters. The Labute approximate surface area is 144 Å². The first-order chi connectivity index (χ1) is 9.90. The SMILES string of the molecule is CN(C)CCn1ncc(Cl)c1C(=O)c1ncc(Br)cc1Br. The minimum absolute atomic E-state index is 0.254. The summed E-state index contributed by atoms with van der Waals surface area (Å²) in [6, 6.07) is 1.77. The van der Waals surface area contributed by atoms with Crippen LogP contribution >= 0.6 is 43.5 Å². The molecule has 112 valence electrons. The third-order valence-electron chi connectivity index (χ3n) is 2.79. The van der Waals surface area contributed by atoms with Crippen molar-refractivity contribution in [2.75, 3.05) is 20.6 Å². The van der Waals surface area contributed by atoms with E-state index in [-0.39, 0.29) is 5.78 Å². The summed E-state index contributed by atoms with van der Waals surface area (Å²) in [5.74, 6) is -0.254. The van der Waals surface area contributed by atoms with Gasteiger partial charge in [-0.2, -0.15) is 5.10 Å². The van der Waals surface area contributed by atoms with E-state index in [1.165, 1.54) is 6.20 Å². The maximum atomic E-state index is 12.7.